The van der Waals surface area contributed by atoms with Gasteiger partial charge in [0.05, 0.1) is 25.0 Å². The molecule has 5 heteroatoms. The lowest BCUT2D eigenvalue weighted by molar-refractivity contribution is -0.151. The predicted molar refractivity (Wildman–Crippen MR) is 60.1 cm³/mol. The minimum atomic E-state index is -0.560. The zero-order valence-corrected chi connectivity index (χ0v) is 10.1. The molecule has 2 fully saturated rings. The van der Waals surface area contributed by atoms with Crippen LogP contribution in [0.1, 0.15) is 25.7 Å². The summed E-state index contributed by atoms with van der Waals surface area (Å²) < 4.78 is 4.70. The van der Waals surface area contributed by atoms with Crippen molar-refractivity contribution in [3.8, 4) is 0 Å². The fourth-order valence-corrected chi connectivity index (χ4v) is 2.87. The van der Waals surface area contributed by atoms with Gasteiger partial charge in [0.1, 0.15) is 0 Å². The van der Waals surface area contributed by atoms with Gasteiger partial charge in [0.15, 0.2) is 0 Å². The highest BCUT2D eigenvalue weighted by Gasteiger charge is 2.44. The molecule has 1 amide bonds. The lowest BCUT2D eigenvalue weighted by atomic mass is 9.95. The first-order valence-corrected chi connectivity index (χ1v) is 6.18. The van der Waals surface area contributed by atoms with Crippen molar-refractivity contribution < 1.29 is 19.4 Å². The van der Waals surface area contributed by atoms with Gasteiger partial charge in [0, 0.05) is 13.1 Å². The Balaban J connectivity index is 2.06. The number of rotatable bonds is 2. The molecule has 1 N–H and O–H groups in total. The van der Waals surface area contributed by atoms with Crippen LogP contribution in [-0.2, 0) is 14.3 Å². The molecule has 17 heavy (non-hydrogen) atoms. The third-order valence-electron chi connectivity index (χ3n) is 3.78. The summed E-state index contributed by atoms with van der Waals surface area (Å²) >= 11 is 0. The smallest absolute Gasteiger partial charge is 0.309 e. The van der Waals surface area contributed by atoms with E-state index < -0.39 is 17.9 Å². The summed E-state index contributed by atoms with van der Waals surface area (Å²) in [6.45, 7) is 1.55. The number of likely N-dealkylation sites (tertiary alicyclic amines) is 1. The maximum absolute atomic E-state index is 12.2. The first kappa shape index (κ1) is 12.4. The topological polar surface area (TPSA) is 66.8 Å². The Kier molecular flexibility index (Phi) is 3.66. The molecule has 0 bridgehead atoms. The van der Waals surface area contributed by atoms with Crippen molar-refractivity contribution in [2.75, 3.05) is 20.2 Å². The Morgan fingerprint density at radius 2 is 1.76 bits per heavy atom. The zero-order chi connectivity index (χ0) is 12.4. The molecule has 0 aromatic carbocycles. The number of carbonyl (C=O) groups excluding carboxylic acids is 2. The number of esters is 1. The van der Waals surface area contributed by atoms with Crippen LogP contribution in [0.25, 0.3) is 0 Å². The molecule has 1 aliphatic carbocycles. The van der Waals surface area contributed by atoms with Gasteiger partial charge in [-0.2, -0.15) is 0 Å². The summed E-state index contributed by atoms with van der Waals surface area (Å²) in [4.78, 5) is 25.6. The van der Waals surface area contributed by atoms with Crippen LogP contribution < -0.4 is 0 Å². The van der Waals surface area contributed by atoms with Gasteiger partial charge in [-0.05, 0) is 25.7 Å². The Labute approximate surface area is 101 Å². The van der Waals surface area contributed by atoms with Gasteiger partial charge in [-0.25, -0.2) is 0 Å². The van der Waals surface area contributed by atoms with Crippen molar-refractivity contribution in [3.63, 3.8) is 0 Å². The minimum Gasteiger partial charge on any atom is -0.469 e. The first-order valence-electron chi connectivity index (χ1n) is 6.18. The molecule has 1 heterocycles. The molecule has 1 aliphatic heterocycles. The number of ether oxygens (including phenoxy) is 1. The third kappa shape index (κ3) is 2.44. The Morgan fingerprint density at radius 3 is 2.35 bits per heavy atom. The SMILES string of the molecule is COC(=O)[C@@H]1C[C@@H](O)C[C@@H]1C(=O)N1CCCC1. The van der Waals surface area contributed by atoms with Crippen LogP contribution in [0.2, 0.25) is 0 Å². The van der Waals surface area contributed by atoms with E-state index in [4.69, 9.17) is 4.74 Å². The maximum atomic E-state index is 12.2. The second kappa shape index (κ2) is 5.04. The van der Waals surface area contributed by atoms with Crippen LogP contribution in [0.3, 0.4) is 0 Å². The highest BCUT2D eigenvalue weighted by atomic mass is 16.5. The Hall–Kier alpha value is -1.10. The molecular formula is C12H19NO4. The number of aliphatic hydroxyl groups is 1. The average molecular weight is 241 g/mol. The number of aliphatic hydroxyl groups excluding tert-OH is 1. The number of nitrogens with zero attached hydrogens (tertiary/aromatic N) is 1. The zero-order valence-electron chi connectivity index (χ0n) is 10.1. The number of hydrogen-bond acceptors (Lipinski definition) is 4. The maximum Gasteiger partial charge on any atom is 0.309 e. The van der Waals surface area contributed by atoms with Crippen molar-refractivity contribution in [1.82, 2.24) is 4.90 Å². The van der Waals surface area contributed by atoms with Gasteiger partial charge in [0.2, 0.25) is 5.91 Å². The van der Waals surface area contributed by atoms with E-state index in [2.05, 4.69) is 0 Å². The lowest BCUT2D eigenvalue weighted by Crippen LogP contribution is -2.37. The van der Waals surface area contributed by atoms with E-state index in [1.807, 2.05) is 0 Å². The molecule has 0 aromatic rings. The molecule has 1 saturated heterocycles. The fourth-order valence-electron chi connectivity index (χ4n) is 2.87. The van der Waals surface area contributed by atoms with Crippen LogP contribution in [0.5, 0.6) is 0 Å². The van der Waals surface area contributed by atoms with Crippen molar-refractivity contribution in [2.45, 2.75) is 31.8 Å². The second-order valence-corrected chi connectivity index (χ2v) is 4.89. The monoisotopic (exact) mass is 241 g/mol. The third-order valence-corrected chi connectivity index (χ3v) is 3.78. The molecule has 0 unspecified atom stereocenters. The van der Waals surface area contributed by atoms with Gasteiger partial charge >= 0.3 is 5.97 Å². The lowest BCUT2D eigenvalue weighted by Gasteiger charge is -2.23. The van der Waals surface area contributed by atoms with Crippen molar-refractivity contribution >= 4 is 11.9 Å². The first-order chi connectivity index (χ1) is 8.13. The number of carbonyl (C=O) groups is 2. The summed E-state index contributed by atoms with van der Waals surface area (Å²) in [5, 5.41) is 9.63. The van der Waals surface area contributed by atoms with E-state index in [0.29, 0.717) is 12.8 Å². The molecule has 2 aliphatic rings. The van der Waals surface area contributed by atoms with Crippen molar-refractivity contribution in [3.05, 3.63) is 0 Å². The van der Waals surface area contributed by atoms with Crippen molar-refractivity contribution in [2.24, 2.45) is 11.8 Å². The number of methoxy groups -OCH3 is 1. The summed E-state index contributed by atoms with van der Waals surface area (Å²) in [6, 6.07) is 0. The molecule has 5 nitrogen and oxygen atoms in total. The van der Waals surface area contributed by atoms with E-state index >= 15 is 0 Å². The summed E-state index contributed by atoms with van der Waals surface area (Å²) in [5.74, 6) is -1.23. The normalized spacial score (nSPS) is 32.8. The van der Waals surface area contributed by atoms with E-state index in [-0.39, 0.29) is 11.9 Å². The van der Waals surface area contributed by atoms with Crippen LogP contribution in [0, 0.1) is 11.8 Å². The summed E-state index contributed by atoms with van der Waals surface area (Å²) in [5.41, 5.74) is 0. The van der Waals surface area contributed by atoms with Crippen LogP contribution in [-0.4, -0.2) is 48.2 Å². The Bertz CT molecular complexity index is 312. The van der Waals surface area contributed by atoms with E-state index in [1.165, 1.54) is 7.11 Å². The van der Waals surface area contributed by atoms with Crippen LogP contribution in [0.15, 0.2) is 0 Å². The molecule has 0 radical (unpaired) electrons. The standard InChI is InChI=1S/C12H19NO4/c1-17-12(16)10-7-8(14)6-9(10)11(15)13-4-2-3-5-13/h8-10,14H,2-7H2,1H3/t8-,9-,10+/m0/s1. The predicted octanol–water partition coefficient (Wildman–Crippen LogP) is 0.169. The van der Waals surface area contributed by atoms with Gasteiger partial charge < -0.3 is 14.7 Å². The molecule has 1 saturated carbocycles. The minimum absolute atomic E-state index is 0.00875. The molecule has 0 spiro atoms. The molecule has 2 rings (SSSR count). The van der Waals surface area contributed by atoms with E-state index in [1.54, 1.807) is 4.90 Å². The average Bonchev–Trinajstić information content (AvgIpc) is 2.95. The molecule has 0 aromatic heterocycles. The number of hydrogen-bond donors (Lipinski definition) is 1. The quantitative estimate of drug-likeness (QED) is 0.700. The van der Waals surface area contributed by atoms with E-state index in [0.717, 1.165) is 25.9 Å². The highest BCUT2D eigenvalue weighted by Crippen LogP contribution is 2.35. The van der Waals surface area contributed by atoms with E-state index in [9.17, 15) is 14.7 Å². The fraction of sp³-hybridized carbons (Fsp3) is 0.833. The summed E-state index contributed by atoms with van der Waals surface area (Å²) in [7, 11) is 1.32. The van der Waals surface area contributed by atoms with Crippen LogP contribution >= 0.6 is 0 Å². The van der Waals surface area contributed by atoms with Crippen LogP contribution in [0.4, 0.5) is 0 Å². The molecular weight excluding hydrogens is 222 g/mol. The molecule has 96 valence electrons. The van der Waals surface area contributed by atoms with Gasteiger partial charge in [-0.3, -0.25) is 9.59 Å². The van der Waals surface area contributed by atoms with Gasteiger partial charge in [-0.15, -0.1) is 0 Å². The van der Waals surface area contributed by atoms with Gasteiger partial charge in [0.25, 0.3) is 0 Å². The second-order valence-electron chi connectivity index (χ2n) is 4.89. The molecule has 3 atom stereocenters. The van der Waals surface area contributed by atoms with Gasteiger partial charge in [-0.1, -0.05) is 0 Å². The van der Waals surface area contributed by atoms with Crippen molar-refractivity contribution in [1.29, 1.82) is 0 Å². The number of amides is 1. The highest BCUT2D eigenvalue weighted by molar-refractivity contribution is 5.86. The summed E-state index contributed by atoms with van der Waals surface area (Å²) in [6.07, 6.45) is 2.23. The largest absolute Gasteiger partial charge is 0.469 e. The Morgan fingerprint density at radius 1 is 1.18 bits per heavy atom.